The van der Waals surface area contributed by atoms with Crippen LogP contribution in [0.15, 0.2) is 0 Å². The van der Waals surface area contributed by atoms with E-state index in [2.05, 4.69) is 4.74 Å². The Morgan fingerprint density at radius 3 is 1.88 bits per heavy atom. The van der Waals surface area contributed by atoms with E-state index in [4.69, 9.17) is 15.3 Å². The third kappa shape index (κ3) is 0.545. The first kappa shape index (κ1) is 5.97. The third-order valence-electron chi connectivity index (χ3n) is 1.27. The molecule has 4 heteroatoms. The Balaban J connectivity index is 2.55. The van der Waals surface area contributed by atoms with Crippen molar-refractivity contribution < 1.29 is 20.1 Å². The summed E-state index contributed by atoms with van der Waals surface area (Å²) in [4.78, 5) is 0. The van der Waals surface area contributed by atoms with Gasteiger partial charge in [-0.15, -0.1) is 0 Å². The van der Waals surface area contributed by atoms with Crippen molar-refractivity contribution in [2.75, 3.05) is 6.61 Å². The Labute approximate surface area is 46.3 Å². The topological polar surface area (TPSA) is 73.2 Å². The van der Waals surface area contributed by atoms with Gasteiger partial charge in [0.1, 0.15) is 6.61 Å². The molecule has 1 heterocycles. The first-order valence-electron chi connectivity index (χ1n) is 2.28. The molecule has 1 fully saturated rings. The van der Waals surface area contributed by atoms with Crippen molar-refractivity contribution in [3.8, 4) is 0 Å². The van der Waals surface area contributed by atoms with Crippen LogP contribution in [0.2, 0.25) is 0 Å². The summed E-state index contributed by atoms with van der Waals surface area (Å²) < 4.78 is 4.30. The summed E-state index contributed by atoms with van der Waals surface area (Å²) in [5.74, 6) is -3.24. The van der Waals surface area contributed by atoms with Crippen LogP contribution in [0.25, 0.3) is 0 Å². The fraction of sp³-hybridized carbons (Fsp3) is 1.00. The van der Waals surface area contributed by atoms with Gasteiger partial charge >= 0.3 is 0 Å². The van der Waals surface area contributed by atoms with Gasteiger partial charge in [-0.1, -0.05) is 0 Å². The summed E-state index contributed by atoms with van der Waals surface area (Å²) in [5.41, 5.74) is 0. The number of ether oxygens (including phenoxy) is 1. The molecule has 1 rings (SSSR count). The lowest BCUT2D eigenvalue weighted by Gasteiger charge is -1.98. The lowest BCUT2D eigenvalue weighted by Crippen LogP contribution is -2.26. The van der Waals surface area contributed by atoms with Crippen LogP contribution in [0.3, 0.4) is 0 Å². The van der Waals surface area contributed by atoms with Crippen LogP contribution in [0.5, 0.6) is 0 Å². The van der Waals surface area contributed by atoms with Crippen LogP contribution in [-0.2, 0) is 4.74 Å². The molecule has 1 saturated heterocycles. The Kier molecular flexibility index (Phi) is 0.908. The molecule has 1 aliphatic rings. The van der Waals surface area contributed by atoms with E-state index < -0.39 is 18.2 Å². The minimum atomic E-state index is -1.70. The number of aliphatic hydroxyl groups is 3. The molecule has 0 aliphatic carbocycles. The van der Waals surface area contributed by atoms with E-state index in [0.29, 0.717) is 0 Å². The first-order chi connectivity index (χ1) is 3.52. The monoisotopic (exact) mass is 120 g/mol. The summed E-state index contributed by atoms with van der Waals surface area (Å²) >= 11 is 0. The zero-order valence-corrected chi connectivity index (χ0v) is 4.46. The molecule has 4 nitrogen and oxygen atoms in total. The summed E-state index contributed by atoms with van der Waals surface area (Å²) in [6.07, 6.45) is 0. The van der Waals surface area contributed by atoms with E-state index in [9.17, 15) is 0 Å². The highest BCUT2D eigenvalue weighted by Crippen LogP contribution is 2.42. The average molecular weight is 120 g/mol. The van der Waals surface area contributed by atoms with E-state index in [1.807, 2.05) is 0 Å². The minimum Gasteiger partial charge on any atom is -0.391 e. The van der Waals surface area contributed by atoms with Crippen LogP contribution in [0.1, 0.15) is 6.92 Å². The maximum Gasteiger partial charge on any atom is 0.247 e. The van der Waals surface area contributed by atoms with E-state index >= 15 is 0 Å². The average Bonchev–Trinajstić information content (AvgIpc) is 2.10. The van der Waals surface area contributed by atoms with Crippen LogP contribution in [0.4, 0.5) is 0 Å². The van der Waals surface area contributed by atoms with Gasteiger partial charge in [-0.25, -0.2) is 0 Å². The van der Waals surface area contributed by atoms with Gasteiger partial charge in [0.2, 0.25) is 11.6 Å². The summed E-state index contributed by atoms with van der Waals surface area (Å²) in [6, 6.07) is 0. The Morgan fingerprint density at radius 1 is 1.50 bits per heavy atom. The quantitative estimate of drug-likeness (QED) is 0.364. The summed E-state index contributed by atoms with van der Waals surface area (Å²) in [6.45, 7) is 0.712. The zero-order valence-electron chi connectivity index (χ0n) is 4.46. The molecule has 2 atom stereocenters. The highest BCUT2D eigenvalue weighted by molar-refractivity contribution is 4.95. The second kappa shape index (κ2) is 1.22. The van der Waals surface area contributed by atoms with Crippen LogP contribution in [0, 0.1) is 0 Å². The first-order valence-corrected chi connectivity index (χ1v) is 2.28. The fourth-order valence-electron chi connectivity index (χ4n) is 0.482. The Hall–Kier alpha value is -0.160. The van der Waals surface area contributed by atoms with E-state index in [1.165, 1.54) is 6.92 Å². The smallest absolute Gasteiger partial charge is 0.247 e. The van der Waals surface area contributed by atoms with Crippen LogP contribution in [-0.4, -0.2) is 33.5 Å². The predicted octanol–water partition coefficient (Wildman–Crippen LogP) is -1.59. The molecule has 0 spiro atoms. The van der Waals surface area contributed by atoms with Crippen molar-refractivity contribution in [1.29, 1.82) is 0 Å². The molecule has 2 unspecified atom stereocenters. The number of hydrogen-bond acceptors (Lipinski definition) is 4. The molecule has 0 radical (unpaired) electrons. The lowest BCUT2D eigenvalue weighted by molar-refractivity contribution is -0.0201. The van der Waals surface area contributed by atoms with Crippen LogP contribution >= 0.6 is 0 Å². The Bertz CT molecular complexity index is 111. The van der Waals surface area contributed by atoms with Gasteiger partial charge in [-0.3, -0.25) is 0 Å². The van der Waals surface area contributed by atoms with Crippen LogP contribution < -0.4 is 0 Å². The van der Waals surface area contributed by atoms with Crippen molar-refractivity contribution in [2.45, 2.75) is 18.5 Å². The summed E-state index contributed by atoms with van der Waals surface area (Å²) in [7, 11) is 0. The molecule has 1 aliphatic heterocycles. The third-order valence-corrected chi connectivity index (χ3v) is 1.27. The molecule has 48 valence electrons. The fourth-order valence-corrected chi connectivity index (χ4v) is 0.482. The van der Waals surface area contributed by atoms with Gasteiger partial charge < -0.3 is 20.1 Å². The molecule has 0 saturated carbocycles. The minimum absolute atomic E-state index is 0.569. The number of hydrogen-bond donors (Lipinski definition) is 3. The highest BCUT2D eigenvalue weighted by atomic mass is 16.8. The Morgan fingerprint density at radius 2 is 1.88 bits per heavy atom. The maximum atomic E-state index is 8.74. The van der Waals surface area contributed by atoms with Gasteiger partial charge in [0.25, 0.3) is 0 Å². The second-order valence-corrected chi connectivity index (χ2v) is 2.03. The van der Waals surface area contributed by atoms with Gasteiger partial charge in [-0.2, -0.15) is 0 Å². The SMILES string of the molecule is CC1(O)OC1(O)CO. The molecule has 0 aromatic heterocycles. The van der Waals surface area contributed by atoms with Crippen molar-refractivity contribution in [3.63, 3.8) is 0 Å². The van der Waals surface area contributed by atoms with Gasteiger partial charge in [0.05, 0.1) is 0 Å². The standard InChI is InChI=1S/C4H8O4/c1-3(6)4(7,2-5)8-3/h5-7H,2H2,1H3. The second-order valence-electron chi connectivity index (χ2n) is 2.03. The normalized spacial score (nSPS) is 54.0. The molecule has 3 N–H and O–H groups in total. The highest BCUT2D eigenvalue weighted by Gasteiger charge is 2.66. The molecule has 8 heavy (non-hydrogen) atoms. The molecule has 0 amide bonds. The molecule has 0 aromatic carbocycles. The van der Waals surface area contributed by atoms with Crippen molar-refractivity contribution in [3.05, 3.63) is 0 Å². The van der Waals surface area contributed by atoms with E-state index in [1.54, 1.807) is 0 Å². The molecular weight excluding hydrogens is 112 g/mol. The van der Waals surface area contributed by atoms with Crippen molar-refractivity contribution in [1.82, 2.24) is 0 Å². The van der Waals surface area contributed by atoms with Gasteiger partial charge in [0, 0.05) is 0 Å². The largest absolute Gasteiger partial charge is 0.391 e. The lowest BCUT2D eigenvalue weighted by atomic mass is 10.2. The van der Waals surface area contributed by atoms with Gasteiger partial charge in [-0.05, 0) is 6.92 Å². The van der Waals surface area contributed by atoms with E-state index in [0.717, 1.165) is 0 Å². The maximum absolute atomic E-state index is 8.74. The number of epoxide rings is 1. The number of aliphatic hydroxyl groups excluding tert-OH is 1. The molecule has 0 bridgehead atoms. The summed E-state index contributed by atoms with van der Waals surface area (Å²) in [5, 5.41) is 25.7. The number of rotatable bonds is 1. The zero-order chi connectivity index (χ0) is 6.41. The molecular formula is C4H8O4. The van der Waals surface area contributed by atoms with Gasteiger partial charge in [0.15, 0.2) is 0 Å². The van der Waals surface area contributed by atoms with Crippen molar-refractivity contribution in [2.24, 2.45) is 0 Å². The molecule has 0 aromatic rings. The van der Waals surface area contributed by atoms with E-state index in [-0.39, 0.29) is 0 Å². The predicted molar refractivity (Wildman–Crippen MR) is 23.7 cm³/mol. The van der Waals surface area contributed by atoms with Crippen molar-refractivity contribution >= 4 is 0 Å².